The molecule has 1 aromatic rings. The molecule has 0 bridgehead atoms. The second-order valence-corrected chi connectivity index (χ2v) is 2.24. The number of hydrogen-bond donors (Lipinski definition) is 4. The number of pyridine rings is 1. The maximum absolute atomic E-state index is 10.6. The molecule has 0 aliphatic carbocycles. The first kappa shape index (κ1) is 8.98. The lowest BCUT2D eigenvalue weighted by Gasteiger charge is -2.04. The van der Waals surface area contributed by atoms with Gasteiger partial charge in [-0.3, -0.25) is 5.41 Å². The molecule has 0 atom stereocenters. The number of nitrogens with zero attached hydrogens (tertiary/aromatic N) is 1. The van der Waals surface area contributed by atoms with Crippen molar-refractivity contribution < 1.29 is 9.90 Å². The summed E-state index contributed by atoms with van der Waals surface area (Å²) in [7, 11) is 0. The minimum Gasteiger partial charge on any atom is -0.478 e. The van der Waals surface area contributed by atoms with E-state index in [0.29, 0.717) is 0 Å². The highest BCUT2D eigenvalue weighted by Gasteiger charge is 2.09. The van der Waals surface area contributed by atoms with Crippen LogP contribution in [0, 0.1) is 5.41 Å². The molecule has 1 heterocycles. The highest BCUT2D eigenvalue weighted by atomic mass is 16.4. The molecular formula is C7H8N4O2. The van der Waals surface area contributed by atoms with Crippen molar-refractivity contribution >= 4 is 17.7 Å². The van der Waals surface area contributed by atoms with Crippen LogP contribution in [0.4, 0.5) is 5.82 Å². The molecule has 0 aromatic carbocycles. The number of rotatable bonds is 2. The third-order valence-corrected chi connectivity index (χ3v) is 1.29. The number of anilines is 1. The highest BCUT2D eigenvalue weighted by molar-refractivity contribution is 5.98. The molecular weight excluding hydrogens is 172 g/mol. The van der Waals surface area contributed by atoms with Crippen molar-refractivity contribution in [3.63, 3.8) is 0 Å². The SMILES string of the molecule is N=C(N)Nc1ncccc1C(=O)O. The first-order valence-corrected chi connectivity index (χ1v) is 3.40. The lowest BCUT2D eigenvalue weighted by atomic mass is 10.2. The Labute approximate surface area is 73.9 Å². The van der Waals surface area contributed by atoms with E-state index in [0.717, 1.165) is 0 Å². The number of carbonyl (C=O) groups is 1. The van der Waals surface area contributed by atoms with E-state index >= 15 is 0 Å². The summed E-state index contributed by atoms with van der Waals surface area (Å²) < 4.78 is 0. The van der Waals surface area contributed by atoms with Gasteiger partial charge in [-0.1, -0.05) is 0 Å². The quantitative estimate of drug-likeness (QED) is 0.380. The molecule has 6 nitrogen and oxygen atoms in total. The number of guanidine groups is 1. The van der Waals surface area contributed by atoms with Crippen LogP contribution in [-0.2, 0) is 0 Å². The van der Waals surface area contributed by atoms with E-state index in [9.17, 15) is 4.79 Å². The van der Waals surface area contributed by atoms with Crippen LogP contribution in [0.25, 0.3) is 0 Å². The van der Waals surface area contributed by atoms with E-state index in [4.69, 9.17) is 16.2 Å². The summed E-state index contributed by atoms with van der Waals surface area (Å²) in [6.07, 6.45) is 1.41. The zero-order valence-corrected chi connectivity index (χ0v) is 6.61. The van der Waals surface area contributed by atoms with Gasteiger partial charge in [0, 0.05) is 6.20 Å². The number of hydrogen-bond acceptors (Lipinski definition) is 3. The standard InChI is InChI=1S/C7H8N4O2/c8-7(9)11-5-4(6(12)13)2-1-3-10-5/h1-3H,(H,12,13)(H4,8,9,10,11). The Hall–Kier alpha value is -2.11. The van der Waals surface area contributed by atoms with Gasteiger partial charge in [-0.15, -0.1) is 0 Å². The van der Waals surface area contributed by atoms with E-state index in [1.165, 1.54) is 18.3 Å². The van der Waals surface area contributed by atoms with Crippen molar-refractivity contribution in [1.29, 1.82) is 5.41 Å². The van der Waals surface area contributed by atoms with Gasteiger partial charge in [0.05, 0.1) is 0 Å². The zero-order valence-electron chi connectivity index (χ0n) is 6.61. The first-order valence-electron chi connectivity index (χ1n) is 3.40. The summed E-state index contributed by atoms with van der Waals surface area (Å²) >= 11 is 0. The highest BCUT2D eigenvalue weighted by Crippen LogP contribution is 2.09. The minimum atomic E-state index is -1.11. The predicted molar refractivity (Wildman–Crippen MR) is 46.7 cm³/mol. The van der Waals surface area contributed by atoms with Crippen LogP contribution in [0.5, 0.6) is 0 Å². The van der Waals surface area contributed by atoms with Gasteiger partial charge >= 0.3 is 5.97 Å². The van der Waals surface area contributed by atoms with Gasteiger partial charge in [-0.2, -0.15) is 0 Å². The Morgan fingerprint density at radius 2 is 2.38 bits per heavy atom. The first-order chi connectivity index (χ1) is 6.11. The van der Waals surface area contributed by atoms with Crippen LogP contribution in [-0.4, -0.2) is 22.0 Å². The zero-order chi connectivity index (χ0) is 9.84. The molecule has 68 valence electrons. The van der Waals surface area contributed by atoms with Crippen molar-refractivity contribution in [3.05, 3.63) is 23.9 Å². The van der Waals surface area contributed by atoms with Gasteiger partial charge in [-0.05, 0) is 12.1 Å². The van der Waals surface area contributed by atoms with Gasteiger partial charge in [-0.25, -0.2) is 9.78 Å². The lowest BCUT2D eigenvalue weighted by Crippen LogP contribution is -2.22. The third kappa shape index (κ3) is 2.16. The molecule has 0 fully saturated rings. The van der Waals surface area contributed by atoms with Crippen LogP contribution in [0.3, 0.4) is 0 Å². The van der Waals surface area contributed by atoms with Gasteiger partial charge in [0.25, 0.3) is 0 Å². The van der Waals surface area contributed by atoms with Gasteiger partial charge in [0.2, 0.25) is 0 Å². The molecule has 0 amide bonds. The molecule has 0 unspecified atom stereocenters. The van der Waals surface area contributed by atoms with Crippen LogP contribution in [0.1, 0.15) is 10.4 Å². The van der Waals surface area contributed by atoms with E-state index < -0.39 is 5.97 Å². The molecule has 0 aliphatic heterocycles. The van der Waals surface area contributed by atoms with E-state index in [1.807, 2.05) is 0 Å². The molecule has 1 aromatic heterocycles. The van der Waals surface area contributed by atoms with Crippen LogP contribution < -0.4 is 11.1 Å². The average molecular weight is 180 g/mol. The summed E-state index contributed by atoms with van der Waals surface area (Å²) in [6, 6.07) is 2.87. The van der Waals surface area contributed by atoms with Crippen molar-refractivity contribution in [2.45, 2.75) is 0 Å². The molecule has 1 rings (SSSR count). The summed E-state index contributed by atoms with van der Waals surface area (Å²) in [5.74, 6) is -1.39. The predicted octanol–water partition coefficient (Wildman–Crippen LogP) is 0.0852. The normalized spacial score (nSPS) is 9.23. The third-order valence-electron chi connectivity index (χ3n) is 1.29. The summed E-state index contributed by atoms with van der Waals surface area (Å²) in [5.41, 5.74) is 5.02. The van der Waals surface area contributed by atoms with Crippen molar-refractivity contribution in [3.8, 4) is 0 Å². The monoisotopic (exact) mass is 180 g/mol. The number of carboxylic acid groups (broad SMARTS) is 1. The van der Waals surface area contributed by atoms with Crippen LogP contribution in [0.2, 0.25) is 0 Å². The Kier molecular flexibility index (Phi) is 2.44. The van der Waals surface area contributed by atoms with Crippen LogP contribution >= 0.6 is 0 Å². The van der Waals surface area contributed by atoms with Crippen molar-refractivity contribution in [2.24, 2.45) is 5.73 Å². The molecule has 13 heavy (non-hydrogen) atoms. The van der Waals surface area contributed by atoms with Gasteiger partial charge in [0.1, 0.15) is 11.4 Å². The number of carboxylic acids is 1. The van der Waals surface area contributed by atoms with Crippen LogP contribution in [0.15, 0.2) is 18.3 Å². The number of aromatic nitrogens is 1. The molecule has 0 spiro atoms. The Morgan fingerprint density at radius 1 is 1.69 bits per heavy atom. The average Bonchev–Trinajstić information content (AvgIpc) is 2.03. The molecule has 0 aliphatic rings. The fourth-order valence-electron chi connectivity index (χ4n) is 0.805. The number of nitrogens with one attached hydrogen (secondary N) is 2. The van der Waals surface area contributed by atoms with E-state index in [2.05, 4.69) is 10.3 Å². The maximum atomic E-state index is 10.6. The second-order valence-electron chi connectivity index (χ2n) is 2.24. The van der Waals surface area contributed by atoms with Gasteiger partial charge < -0.3 is 16.2 Å². The lowest BCUT2D eigenvalue weighted by molar-refractivity contribution is 0.0697. The summed E-state index contributed by atoms with van der Waals surface area (Å²) in [5, 5.41) is 17.9. The number of aromatic carboxylic acids is 1. The summed E-state index contributed by atoms with van der Waals surface area (Å²) in [6.45, 7) is 0. The molecule has 0 radical (unpaired) electrons. The number of nitrogens with two attached hydrogens (primary N) is 1. The Balaban J connectivity index is 3.04. The Morgan fingerprint density at radius 3 is 2.92 bits per heavy atom. The maximum Gasteiger partial charge on any atom is 0.339 e. The second kappa shape index (κ2) is 3.53. The van der Waals surface area contributed by atoms with Gasteiger partial charge in [0.15, 0.2) is 5.96 Å². The fraction of sp³-hybridized carbons (Fsp3) is 0. The smallest absolute Gasteiger partial charge is 0.339 e. The molecule has 6 heteroatoms. The van der Waals surface area contributed by atoms with E-state index in [-0.39, 0.29) is 17.3 Å². The Bertz CT molecular complexity index is 350. The largest absolute Gasteiger partial charge is 0.478 e. The minimum absolute atomic E-state index is 0.0160. The molecule has 0 saturated heterocycles. The molecule has 0 saturated carbocycles. The summed E-state index contributed by atoms with van der Waals surface area (Å²) in [4.78, 5) is 14.3. The van der Waals surface area contributed by atoms with Crippen molar-refractivity contribution in [2.75, 3.05) is 5.32 Å². The van der Waals surface area contributed by atoms with Crippen molar-refractivity contribution in [1.82, 2.24) is 4.98 Å². The fourth-order valence-corrected chi connectivity index (χ4v) is 0.805. The topological polar surface area (TPSA) is 112 Å². The molecule has 5 N–H and O–H groups in total. The van der Waals surface area contributed by atoms with E-state index in [1.54, 1.807) is 0 Å².